The van der Waals surface area contributed by atoms with Gasteiger partial charge >= 0.3 is 0 Å². The first kappa shape index (κ1) is 17.9. The molecule has 0 N–H and O–H groups in total. The molecule has 1 atom stereocenters. The molecule has 4 heterocycles. The molecular weight excluding hydrogens is 358 g/mol. The number of ether oxygens (including phenoxy) is 2. The molecule has 1 unspecified atom stereocenters. The van der Waals surface area contributed by atoms with E-state index in [4.69, 9.17) is 9.47 Å². The van der Waals surface area contributed by atoms with Gasteiger partial charge in [0.05, 0.1) is 30.9 Å². The van der Waals surface area contributed by atoms with Crippen LogP contribution in [0.25, 0.3) is 0 Å². The molecule has 1 aromatic rings. The molecule has 1 aromatic heterocycles. The van der Waals surface area contributed by atoms with Crippen LogP contribution >= 0.6 is 0 Å². The molecule has 9 nitrogen and oxygen atoms in total. The van der Waals surface area contributed by atoms with Crippen LogP contribution in [0.15, 0.2) is 6.20 Å². The summed E-state index contributed by atoms with van der Waals surface area (Å²) in [6.45, 7) is 5.49. The van der Waals surface area contributed by atoms with Crippen molar-refractivity contribution in [2.75, 3.05) is 54.2 Å². The Labute approximate surface area is 153 Å². The summed E-state index contributed by atoms with van der Waals surface area (Å²) < 4.78 is 35.2. The number of aromatic nitrogens is 3. The van der Waals surface area contributed by atoms with E-state index in [1.807, 2.05) is 11.8 Å². The van der Waals surface area contributed by atoms with Crippen molar-refractivity contribution in [3.05, 3.63) is 6.20 Å². The maximum Gasteiger partial charge on any atom is 0.247 e. The molecule has 3 fully saturated rings. The van der Waals surface area contributed by atoms with E-state index >= 15 is 0 Å². The number of hydrogen-bond donors (Lipinski definition) is 0. The average molecular weight is 383 g/mol. The number of rotatable bonds is 4. The Balaban J connectivity index is 1.48. The highest BCUT2D eigenvalue weighted by Crippen LogP contribution is 2.32. The largest absolute Gasteiger partial charge is 0.351 e. The van der Waals surface area contributed by atoms with E-state index < -0.39 is 15.6 Å². The van der Waals surface area contributed by atoms with Gasteiger partial charge in [-0.1, -0.05) is 0 Å². The van der Waals surface area contributed by atoms with Crippen molar-refractivity contribution >= 4 is 21.6 Å². The highest BCUT2D eigenvalue weighted by molar-refractivity contribution is 7.91. The summed E-state index contributed by atoms with van der Waals surface area (Å²) in [6, 6.07) is -0.0422. The van der Waals surface area contributed by atoms with Gasteiger partial charge in [0.25, 0.3) is 0 Å². The molecule has 144 valence electrons. The fourth-order valence-corrected chi connectivity index (χ4v) is 5.75. The van der Waals surface area contributed by atoms with E-state index in [2.05, 4.69) is 20.1 Å². The zero-order chi connectivity index (χ0) is 18.2. The molecule has 3 aliphatic heterocycles. The highest BCUT2D eigenvalue weighted by atomic mass is 32.2. The molecule has 0 bridgehead atoms. The molecule has 4 rings (SSSR count). The lowest BCUT2D eigenvalue weighted by Crippen LogP contribution is -2.46. The summed E-state index contributed by atoms with van der Waals surface area (Å²) in [5.74, 6) is 1.26. The topological polar surface area (TPSA) is 97.8 Å². The zero-order valence-electron chi connectivity index (χ0n) is 15.0. The van der Waals surface area contributed by atoms with Crippen molar-refractivity contribution < 1.29 is 17.9 Å². The Kier molecular flexibility index (Phi) is 4.74. The lowest BCUT2D eigenvalue weighted by molar-refractivity contribution is -0.169. The van der Waals surface area contributed by atoms with Gasteiger partial charge in [0.1, 0.15) is 0 Å². The number of sulfone groups is 1. The van der Waals surface area contributed by atoms with Crippen LogP contribution in [0.5, 0.6) is 0 Å². The van der Waals surface area contributed by atoms with Gasteiger partial charge in [0.2, 0.25) is 5.95 Å². The molecule has 0 aromatic carbocycles. The maximum absolute atomic E-state index is 11.8. The van der Waals surface area contributed by atoms with Crippen LogP contribution in [0.1, 0.15) is 26.2 Å². The second kappa shape index (κ2) is 6.90. The molecule has 10 heteroatoms. The average Bonchev–Trinajstić information content (AvgIpc) is 3.23. The third-order valence-corrected chi connectivity index (χ3v) is 7.19. The van der Waals surface area contributed by atoms with E-state index in [0.717, 1.165) is 25.9 Å². The minimum atomic E-state index is -2.95. The van der Waals surface area contributed by atoms with Crippen LogP contribution < -0.4 is 9.80 Å². The van der Waals surface area contributed by atoms with E-state index in [0.29, 0.717) is 37.9 Å². The summed E-state index contributed by atoms with van der Waals surface area (Å²) in [5.41, 5.74) is 0. The molecule has 0 radical (unpaired) electrons. The Morgan fingerprint density at radius 2 is 2.04 bits per heavy atom. The highest BCUT2D eigenvalue weighted by Gasteiger charge is 2.40. The molecule has 26 heavy (non-hydrogen) atoms. The fourth-order valence-electron chi connectivity index (χ4n) is 4.02. The van der Waals surface area contributed by atoms with Crippen LogP contribution in [-0.4, -0.2) is 79.8 Å². The molecule has 3 saturated heterocycles. The van der Waals surface area contributed by atoms with Gasteiger partial charge in [-0.05, 0) is 13.3 Å². The summed E-state index contributed by atoms with van der Waals surface area (Å²) in [4.78, 5) is 8.79. The normalized spacial score (nSPS) is 27.1. The van der Waals surface area contributed by atoms with Crippen LogP contribution in [0, 0.1) is 0 Å². The van der Waals surface area contributed by atoms with Crippen molar-refractivity contribution in [3.8, 4) is 0 Å². The zero-order valence-corrected chi connectivity index (χ0v) is 15.8. The molecule has 0 saturated carbocycles. The second-order valence-electron chi connectivity index (χ2n) is 7.05. The first-order valence-electron chi connectivity index (χ1n) is 9.20. The lowest BCUT2D eigenvalue weighted by atomic mass is 10.0. The van der Waals surface area contributed by atoms with E-state index in [1.54, 1.807) is 6.20 Å². The molecule has 3 aliphatic rings. The molecule has 1 spiro atoms. The fraction of sp³-hybridized carbons (Fsp3) is 0.812. The number of nitrogens with zero attached hydrogens (tertiary/aromatic N) is 5. The van der Waals surface area contributed by atoms with Crippen LogP contribution in [0.2, 0.25) is 0 Å². The predicted molar refractivity (Wildman–Crippen MR) is 96.0 cm³/mol. The minimum absolute atomic E-state index is 0.0422. The van der Waals surface area contributed by atoms with Gasteiger partial charge in [0.15, 0.2) is 21.4 Å². The third kappa shape index (κ3) is 3.49. The summed E-state index contributed by atoms with van der Waals surface area (Å²) in [6.07, 6.45) is 3.81. The lowest BCUT2D eigenvalue weighted by Gasteiger charge is -2.37. The third-order valence-electron chi connectivity index (χ3n) is 5.44. The van der Waals surface area contributed by atoms with Crippen molar-refractivity contribution in [2.24, 2.45) is 0 Å². The van der Waals surface area contributed by atoms with Crippen molar-refractivity contribution in [2.45, 2.75) is 38.0 Å². The van der Waals surface area contributed by atoms with Gasteiger partial charge in [-0.25, -0.2) is 8.42 Å². The number of anilines is 2. The first-order chi connectivity index (χ1) is 12.5. The Morgan fingerprint density at radius 3 is 2.65 bits per heavy atom. The van der Waals surface area contributed by atoms with Gasteiger partial charge in [0, 0.05) is 38.5 Å². The van der Waals surface area contributed by atoms with Gasteiger partial charge < -0.3 is 19.3 Å². The molecular formula is C16H25N5O4S. The monoisotopic (exact) mass is 383 g/mol. The van der Waals surface area contributed by atoms with Crippen LogP contribution in [0.3, 0.4) is 0 Å². The summed E-state index contributed by atoms with van der Waals surface area (Å²) >= 11 is 0. The van der Waals surface area contributed by atoms with Crippen molar-refractivity contribution in [1.82, 2.24) is 15.2 Å². The van der Waals surface area contributed by atoms with Crippen molar-refractivity contribution in [3.63, 3.8) is 0 Å². The molecule has 0 aliphatic carbocycles. The summed E-state index contributed by atoms with van der Waals surface area (Å²) in [7, 11) is -2.95. The summed E-state index contributed by atoms with van der Waals surface area (Å²) in [5, 5.41) is 8.31. The second-order valence-corrected chi connectivity index (χ2v) is 9.28. The van der Waals surface area contributed by atoms with Crippen molar-refractivity contribution in [1.29, 1.82) is 0 Å². The quantitative estimate of drug-likeness (QED) is 0.723. The number of piperidine rings is 1. The number of hydrogen-bond acceptors (Lipinski definition) is 9. The minimum Gasteiger partial charge on any atom is -0.351 e. The SMILES string of the molecule is CCN(c1cnnc(N2CCC3(CC2)OCCO3)n1)C1CCS(=O)(=O)C1. The predicted octanol–water partition coefficient (Wildman–Crippen LogP) is 0.228. The van der Waals surface area contributed by atoms with Gasteiger partial charge in [-0.15, -0.1) is 5.10 Å². The first-order valence-corrected chi connectivity index (χ1v) is 11.0. The Hall–Kier alpha value is -1.52. The Bertz CT molecular complexity index is 743. The molecule has 0 amide bonds. The van der Waals surface area contributed by atoms with E-state index in [9.17, 15) is 8.42 Å². The Morgan fingerprint density at radius 1 is 1.31 bits per heavy atom. The van der Waals surface area contributed by atoms with Gasteiger partial charge in [-0.2, -0.15) is 10.1 Å². The van der Waals surface area contributed by atoms with E-state index in [-0.39, 0.29) is 17.5 Å². The van der Waals surface area contributed by atoms with Gasteiger partial charge in [-0.3, -0.25) is 0 Å². The van der Waals surface area contributed by atoms with E-state index in [1.165, 1.54) is 0 Å². The smallest absolute Gasteiger partial charge is 0.247 e. The van der Waals surface area contributed by atoms with Crippen LogP contribution in [-0.2, 0) is 19.3 Å². The standard InChI is InChI=1S/C16H25N5O4S/c1-2-21(13-3-10-26(22,23)12-13)14-11-17-19-15(18-14)20-6-4-16(5-7-20)24-8-9-25-16/h11,13H,2-10,12H2,1H3. The van der Waals surface area contributed by atoms with Crippen LogP contribution in [0.4, 0.5) is 11.8 Å². The maximum atomic E-state index is 11.8.